The maximum Gasteiger partial charge on any atom is 0.275 e. The molecule has 6 nitrogen and oxygen atoms in total. The number of rotatable bonds is 6. The van der Waals surface area contributed by atoms with Crippen LogP contribution in [0.1, 0.15) is 31.4 Å². The summed E-state index contributed by atoms with van der Waals surface area (Å²) in [5.41, 5.74) is 2.53. The zero-order valence-corrected chi connectivity index (χ0v) is 16.7. The predicted molar refractivity (Wildman–Crippen MR) is 110 cm³/mol. The van der Waals surface area contributed by atoms with Crippen LogP contribution in [-0.4, -0.2) is 35.8 Å². The van der Waals surface area contributed by atoms with Gasteiger partial charge >= 0.3 is 0 Å². The zero-order chi connectivity index (χ0) is 20.1. The van der Waals surface area contributed by atoms with Crippen LogP contribution in [0.2, 0.25) is 0 Å². The Labute approximate surface area is 167 Å². The van der Waals surface area contributed by atoms with Crippen LogP contribution < -0.4 is 10.1 Å². The number of nitrogens with zero attached hydrogens (tertiary/aromatic N) is 2. The number of carbonyl (C=O) groups excluding carboxylic acids is 2. The van der Waals surface area contributed by atoms with Gasteiger partial charge in [0.25, 0.3) is 11.8 Å². The summed E-state index contributed by atoms with van der Waals surface area (Å²) in [6.07, 6.45) is 0. The topological polar surface area (TPSA) is 71.5 Å². The zero-order valence-electron chi connectivity index (χ0n) is 15.9. The summed E-state index contributed by atoms with van der Waals surface area (Å²) in [5, 5.41) is 5.18. The second-order valence-corrected chi connectivity index (χ2v) is 7.41. The van der Waals surface area contributed by atoms with Gasteiger partial charge in [-0.3, -0.25) is 9.59 Å². The van der Waals surface area contributed by atoms with Crippen molar-refractivity contribution in [1.82, 2.24) is 9.88 Å². The number of hydrogen-bond donors (Lipinski definition) is 1. The highest BCUT2D eigenvalue weighted by Gasteiger charge is 2.13. The molecule has 2 amide bonds. The fraction of sp³-hybridized carbons (Fsp3) is 0.190. The Bertz CT molecular complexity index is 981. The van der Waals surface area contributed by atoms with Crippen molar-refractivity contribution in [3.63, 3.8) is 0 Å². The Kier molecular flexibility index (Phi) is 6.06. The molecule has 0 atom stereocenters. The van der Waals surface area contributed by atoms with E-state index in [-0.39, 0.29) is 11.8 Å². The minimum absolute atomic E-state index is 0.125. The predicted octanol–water partition coefficient (Wildman–Crippen LogP) is 3.98. The average molecular weight is 395 g/mol. The Morgan fingerprint density at radius 2 is 1.89 bits per heavy atom. The Morgan fingerprint density at radius 3 is 2.61 bits per heavy atom. The van der Waals surface area contributed by atoms with Gasteiger partial charge in [0.2, 0.25) is 0 Å². The number of benzene rings is 2. The van der Waals surface area contributed by atoms with Crippen LogP contribution in [0.4, 0.5) is 5.69 Å². The molecule has 1 N–H and O–H groups in total. The van der Waals surface area contributed by atoms with Crippen LogP contribution in [-0.2, 0) is 6.61 Å². The minimum Gasteiger partial charge on any atom is -0.486 e. The lowest BCUT2D eigenvalue weighted by atomic mass is 10.2. The van der Waals surface area contributed by atoms with Crippen LogP contribution >= 0.6 is 11.3 Å². The first-order valence-corrected chi connectivity index (χ1v) is 9.57. The number of carbonyl (C=O) groups is 2. The van der Waals surface area contributed by atoms with Crippen molar-refractivity contribution in [1.29, 1.82) is 0 Å². The van der Waals surface area contributed by atoms with Gasteiger partial charge in [0, 0.05) is 30.7 Å². The van der Waals surface area contributed by atoms with Crippen molar-refractivity contribution in [3.05, 3.63) is 75.7 Å². The molecule has 7 heteroatoms. The molecule has 0 saturated heterocycles. The van der Waals surface area contributed by atoms with E-state index in [1.54, 1.807) is 43.7 Å². The van der Waals surface area contributed by atoms with Gasteiger partial charge in [-0.1, -0.05) is 23.8 Å². The number of thiazole rings is 1. The Balaban J connectivity index is 1.62. The van der Waals surface area contributed by atoms with Crippen molar-refractivity contribution in [2.24, 2.45) is 0 Å². The maximum atomic E-state index is 12.5. The number of aromatic nitrogens is 1. The highest BCUT2D eigenvalue weighted by molar-refractivity contribution is 7.09. The van der Waals surface area contributed by atoms with Crippen molar-refractivity contribution >= 4 is 28.8 Å². The van der Waals surface area contributed by atoms with Crippen LogP contribution in [0.25, 0.3) is 0 Å². The lowest BCUT2D eigenvalue weighted by molar-refractivity contribution is 0.0827. The van der Waals surface area contributed by atoms with Gasteiger partial charge in [-0.15, -0.1) is 11.3 Å². The van der Waals surface area contributed by atoms with E-state index in [1.165, 1.54) is 16.2 Å². The smallest absolute Gasteiger partial charge is 0.275 e. The molecule has 3 rings (SSSR count). The number of aryl methyl sites for hydroxylation is 1. The summed E-state index contributed by atoms with van der Waals surface area (Å²) in [7, 11) is 3.37. The van der Waals surface area contributed by atoms with E-state index in [0.29, 0.717) is 28.6 Å². The van der Waals surface area contributed by atoms with Gasteiger partial charge < -0.3 is 15.0 Å². The van der Waals surface area contributed by atoms with Gasteiger partial charge in [-0.2, -0.15) is 0 Å². The highest BCUT2D eigenvalue weighted by Crippen LogP contribution is 2.18. The van der Waals surface area contributed by atoms with E-state index in [9.17, 15) is 9.59 Å². The summed E-state index contributed by atoms with van der Waals surface area (Å²) < 4.78 is 5.70. The number of ether oxygens (including phenoxy) is 1. The summed E-state index contributed by atoms with van der Waals surface area (Å²) in [6, 6.07) is 14.6. The summed E-state index contributed by atoms with van der Waals surface area (Å²) in [4.78, 5) is 30.3. The number of anilines is 1. The lowest BCUT2D eigenvalue weighted by Gasteiger charge is -2.11. The van der Waals surface area contributed by atoms with Gasteiger partial charge in [-0.25, -0.2) is 4.98 Å². The first-order chi connectivity index (χ1) is 13.4. The first kappa shape index (κ1) is 19.6. The number of nitrogens with one attached hydrogen (secondary N) is 1. The molecule has 0 aliphatic carbocycles. The monoisotopic (exact) mass is 395 g/mol. The van der Waals surface area contributed by atoms with E-state index in [2.05, 4.69) is 10.3 Å². The third kappa shape index (κ3) is 4.95. The fourth-order valence-corrected chi connectivity index (χ4v) is 3.13. The van der Waals surface area contributed by atoms with Crippen molar-refractivity contribution in [2.45, 2.75) is 13.5 Å². The van der Waals surface area contributed by atoms with Crippen molar-refractivity contribution in [2.75, 3.05) is 19.4 Å². The van der Waals surface area contributed by atoms with Crippen molar-refractivity contribution in [3.8, 4) is 5.75 Å². The summed E-state index contributed by atoms with van der Waals surface area (Å²) in [6.45, 7) is 2.31. The van der Waals surface area contributed by atoms with Crippen LogP contribution in [0.3, 0.4) is 0 Å². The molecule has 0 aliphatic heterocycles. The van der Waals surface area contributed by atoms with Gasteiger partial charge in [0.15, 0.2) is 0 Å². The molecule has 0 spiro atoms. The Hall–Kier alpha value is -3.19. The molecule has 28 heavy (non-hydrogen) atoms. The standard InChI is InChI=1S/C21H21N3O3S/c1-14-7-9-17(10-8-14)27-12-19-23-18(13-28-19)20(25)22-16-6-4-5-15(11-16)21(26)24(2)3/h4-11,13H,12H2,1-3H3,(H,22,25). The third-order valence-electron chi connectivity index (χ3n) is 3.94. The molecule has 0 saturated carbocycles. The number of amides is 2. The molecule has 0 radical (unpaired) electrons. The Morgan fingerprint density at radius 1 is 1.14 bits per heavy atom. The van der Waals surface area contributed by atoms with Crippen LogP contribution in [0, 0.1) is 6.92 Å². The molecule has 2 aromatic carbocycles. The largest absolute Gasteiger partial charge is 0.486 e. The normalized spacial score (nSPS) is 10.4. The number of hydrogen-bond acceptors (Lipinski definition) is 5. The summed E-state index contributed by atoms with van der Waals surface area (Å²) >= 11 is 1.37. The van der Waals surface area contributed by atoms with Crippen LogP contribution in [0.5, 0.6) is 5.75 Å². The highest BCUT2D eigenvalue weighted by atomic mass is 32.1. The first-order valence-electron chi connectivity index (χ1n) is 8.69. The van der Waals surface area contributed by atoms with Gasteiger partial charge in [0.05, 0.1) is 0 Å². The lowest BCUT2D eigenvalue weighted by Crippen LogP contribution is -2.22. The van der Waals surface area contributed by atoms with Crippen molar-refractivity contribution < 1.29 is 14.3 Å². The van der Waals surface area contributed by atoms with E-state index >= 15 is 0 Å². The molecule has 144 valence electrons. The second-order valence-electron chi connectivity index (χ2n) is 6.46. The molecule has 3 aromatic rings. The van der Waals surface area contributed by atoms with E-state index in [1.807, 2.05) is 31.2 Å². The molecule has 1 heterocycles. The van der Waals surface area contributed by atoms with E-state index in [0.717, 1.165) is 11.3 Å². The molecule has 1 aromatic heterocycles. The van der Waals surface area contributed by atoms with E-state index in [4.69, 9.17) is 4.74 Å². The van der Waals surface area contributed by atoms with Crippen LogP contribution in [0.15, 0.2) is 53.9 Å². The SMILES string of the molecule is Cc1ccc(OCc2nc(C(=O)Nc3cccc(C(=O)N(C)C)c3)cs2)cc1. The third-order valence-corrected chi connectivity index (χ3v) is 4.76. The van der Waals surface area contributed by atoms with E-state index < -0.39 is 0 Å². The molecule has 0 fully saturated rings. The van der Waals surface area contributed by atoms with Gasteiger partial charge in [-0.05, 0) is 37.3 Å². The molecule has 0 aliphatic rings. The molecule has 0 unspecified atom stereocenters. The fourth-order valence-electron chi connectivity index (χ4n) is 2.44. The molecular formula is C21H21N3O3S. The summed E-state index contributed by atoms with van der Waals surface area (Å²) in [5.74, 6) is 0.307. The van der Waals surface area contributed by atoms with Gasteiger partial charge in [0.1, 0.15) is 23.1 Å². The second kappa shape index (κ2) is 8.67. The molecule has 0 bridgehead atoms. The average Bonchev–Trinajstić information content (AvgIpc) is 3.16. The molecular weight excluding hydrogens is 374 g/mol. The quantitative estimate of drug-likeness (QED) is 0.685. The minimum atomic E-state index is -0.327. The maximum absolute atomic E-state index is 12.5.